The van der Waals surface area contributed by atoms with Crippen molar-refractivity contribution in [1.82, 2.24) is 20.0 Å². The van der Waals surface area contributed by atoms with Crippen LogP contribution in [-0.4, -0.2) is 39.2 Å². The zero-order valence-electron chi connectivity index (χ0n) is 12.7. The fourth-order valence-electron chi connectivity index (χ4n) is 3.46. The van der Waals surface area contributed by atoms with Gasteiger partial charge < -0.3 is 9.26 Å². The Morgan fingerprint density at radius 3 is 3.09 bits per heavy atom. The summed E-state index contributed by atoms with van der Waals surface area (Å²) in [6.45, 7) is 4.77. The maximum Gasteiger partial charge on any atom is 0.255 e. The number of hydrogen-bond acceptors (Lipinski definition) is 6. The van der Waals surface area contributed by atoms with E-state index < -0.39 is 0 Å². The van der Waals surface area contributed by atoms with Crippen molar-refractivity contribution in [2.24, 2.45) is 5.92 Å². The Labute approximate surface area is 129 Å². The first kappa shape index (κ1) is 13.8. The molecule has 0 radical (unpaired) electrons. The highest BCUT2D eigenvalue weighted by molar-refractivity contribution is 5.04. The predicted molar refractivity (Wildman–Crippen MR) is 78.9 cm³/mol. The third-order valence-corrected chi connectivity index (χ3v) is 4.57. The Morgan fingerprint density at radius 2 is 2.32 bits per heavy atom. The lowest BCUT2D eigenvalue weighted by Gasteiger charge is -2.33. The van der Waals surface area contributed by atoms with Crippen molar-refractivity contribution >= 4 is 0 Å². The van der Waals surface area contributed by atoms with Crippen molar-refractivity contribution in [2.75, 3.05) is 13.1 Å². The van der Waals surface area contributed by atoms with Gasteiger partial charge in [0.1, 0.15) is 6.10 Å². The van der Waals surface area contributed by atoms with Gasteiger partial charge in [0.15, 0.2) is 5.82 Å². The van der Waals surface area contributed by atoms with E-state index in [1.54, 1.807) is 0 Å². The molecule has 0 amide bonds. The number of hydrogen-bond donors (Lipinski definition) is 0. The summed E-state index contributed by atoms with van der Waals surface area (Å²) < 4.78 is 11.4. The molecule has 0 aromatic carbocycles. The van der Waals surface area contributed by atoms with Crippen LogP contribution in [0.5, 0.6) is 0 Å². The van der Waals surface area contributed by atoms with Gasteiger partial charge in [0.2, 0.25) is 0 Å². The molecular weight excluding hydrogens is 280 g/mol. The Kier molecular flexibility index (Phi) is 3.63. The number of piperidine rings is 1. The standard InChI is InChI=1S/C16H20N4O2/c1-11-18-16(22-19-11)14-8-12-5-7-20(10-15(12)21-14)9-13-4-2-3-6-17-13/h2-4,6,12,14-15H,5,7-10H2,1H3/t12-,14+,15+/m1/s1. The van der Waals surface area contributed by atoms with Crippen LogP contribution in [0.25, 0.3) is 0 Å². The molecular formula is C16H20N4O2. The number of aromatic nitrogens is 3. The number of pyridine rings is 1. The molecule has 2 saturated heterocycles. The van der Waals surface area contributed by atoms with Crippen LogP contribution in [0, 0.1) is 12.8 Å². The first-order valence-electron chi connectivity index (χ1n) is 7.86. The third kappa shape index (κ3) is 2.76. The van der Waals surface area contributed by atoms with Crippen LogP contribution < -0.4 is 0 Å². The molecule has 3 atom stereocenters. The Balaban J connectivity index is 1.39. The first-order chi connectivity index (χ1) is 10.8. The maximum atomic E-state index is 6.17. The largest absolute Gasteiger partial charge is 0.364 e. The van der Waals surface area contributed by atoms with E-state index in [4.69, 9.17) is 9.26 Å². The van der Waals surface area contributed by atoms with Gasteiger partial charge >= 0.3 is 0 Å². The van der Waals surface area contributed by atoms with Crippen LogP contribution in [0.2, 0.25) is 0 Å². The van der Waals surface area contributed by atoms with Gasteiger partial charge in [-0.05, 0) is 44.4 Å². The number of rotatable bonds is 3. The van der Waals surface area contributed by atoms with Gasteiger partial charge in [-0.2, -0.15) is 4.98 Å². The molecule has 0 saturated carbocycles. The molecule has 0 aliphatic carbocycles. The summed E-state index contributed by atoms with van der Waals surface area (Å²) in [5.41, 5.74) is 1.11. The van der Waals surface area contributed by atoms with E-state index in [9.17, 15) is 0 Å². The van der Waals surface area contributed by atoms with Crippen molar-refractivity contribution in [3.8, 4) is 0 Å². The van der Waals surface area contributed by atoms with Gasteiger partial charge in [-0.1, -0.05) is 11.2 Å². The van der Waals surface area contributed by atoms with Crippen LogP contribution in [-0.2, 0) is 11.3 Å². The van der Waals surface area contributed by atoms with E-state index in [1.807, 2.05) is 25.3 Å². The summed E-state index contributed by atoms with van der Waals surface area (Å²) in [4.78, 5) is 11.1. The highest BCUT2D eigenvalue weighted by Gasteiger charge is 2.41. The number of likely N-dealkylation sites (tertiary alicyclic amines) is 1. The lowest BCUT2D eigenvalue weighted by Crippen LogP contribution is -2.41. The van der Waals surface area contributed by atoms with E-state index in [-0.39, 0.29) is 12.2 Å². The summed E-state index contributed by atoms with van der Waals surface area (Å²) in [6, 6.07) is 6.06. The second-order valence-electron chi connectivity index (χ2n) is 6.18. The fourth-order valence-corrected chi connectivity index (χ4v) is 3.46. The Hall–Kier alpha value is -1.79. The van der Waals surface area contributed by atoms with Crippen molar-refractivity contribution in [1.29, 1.82) is 0 Å². The highest BCUT2D eigenvalue weighted by Crippen LogP contribution is 2.40. The topological polar surface area (TPSA) is 64.3 Å². The molecule has 0 N–H and O–H groups in total. The van der Waals surface area contributed by atoms with Crippen LogP contribution in [0.3, 0.4) is 0 Å². The SMILES string of the molecule is Cc1noc([C@@H]2C[C@H]3CCN(Cc4ccccn4)C[C@@H]3O2)n1. The van der Waals surface area contributed by atoms with Crippen molar-refractivity contribution in [2.45, 2.75) is 38.5 Å². The van der Waals surface area contributed by atoms with Crippen LogP contribution in [0.1, 0.15) is 36.4 Å². The molecule has 4 heterocycles. The first-order valence-corrected chi connectivity index (χ1v) is 7.86. The highest BCUT2D eigenvalue weighted by atomic mass is 16.5. The molecule has 2 fully saturated rings. The summed E-state index contributed by atoms with van der Waals surface area (Å²) >= 11 is 0. The van der Waals surface area contributed by atoms with Crippen molar-refractivity contribution in [3.05, 3.63) is 41.8 Å². The maximum absolute atomic E-state index is 6.17. The zero-order valence-corrected chi connectivity index (χ0v) is 12.7. The average molecular weight is 300 g/mol. The van der Waals surface area contributed by atoms with E-state index >= 15 is 0 Å². The minimum absolute atomic E-state index is 0.0361. The molecule has 2 aromatic rings. The van der Waals surface area contributed by atoms with E-state index in [0.717, 1.165) is 38.2 Å². The van der Waals surface area contributed by atoms with Gasteiger partial charge in [-0.25, -0.2) is 0 Å². The summed E-state index contributed by atoms with van der Waals surface area (Å²) in [5.74, 6) is 1.89. The number of aryl methyl sites for hydroxylation is 1. The molecule has 22 heavy (non-hydrogen) atoms. The van der Waals surface area contributed by atoms with Crippen LogP contribution in [0.15, 0.2) is 28.9 Å². The van der Waals surface area contributed by atoms with E-state index in [1.165, 1.54) is 0 Å². The molecule has 116 valence electrons. The van der Waals surface area contributed by atoms with Crippen molar-refractivity contribution < 1.29 is 9.26 Å². The normalized spacial score (nSPS) is 28.7. The number of nitrogens with zero attached hydrogens (tertiary/aromatic N) is 4. The van der Waals surface area contributed by atoms with Gasteiger partial charge in [0.25, 0.3) is 5.89 Å². The summed E-state index contributed by atoms with van der Waals surface area (Å²) in [6.07, 6.45) is 4.22. The van der Waals surface area contributed by atoms with Crippen LogP contribution in [0.4, 0.5) is 0 Å². The minimum atomic E-state index is -0.0361. The molecule has 6 nitrogen and oxygen atoms in total. The predicted octanol–water partition coefficient (Wildman–Crippen LogP) is 2.13. The molecule has 4 rings (SSSR count). The molecule has 0 bridgehead atoms. The number of fused-ring (bicyclic) bond motifs is 1. The Morgan fingerprint density at radius 1 is 1.36 bits per heavy atom. The third-order valence-electron chi connectivity index (χ3n) is 4.57. The monoisotopic (exact) mass is 300 g/mol. The fraction of sp³-hybridized carbons (Fsp3) is 0.562. The van der Waals surface area contributed by atoms with Gasteiger partial charge in [-0.3, -0.25) is 9.88 Å². The van der Waals surface area contributed by atoms with E-state index in [0.29, 0.717) is 17.6 Å². The van der Waals surface area contributed by atoms with Gasteiger partial charge in [0.05, 0.1) is 11.8 Å². The van der Waals surface area contributed by atoms with Gasteiger partial charge in [0, 0.05) is 19.3 Å². The lowest BCUT2D eigenvalue weighted by molar-refractivity contribution is -0.0192. The average Bonchev–Trinajstić information content (AvgIpc) is 3.14. The minimum Gasteiger partial charge on any atom is -0.364 e. The number of ether oxygens (including phenoxy) is 1. The molecule has 2 aromatic heterocycles. The summed E-state index contributed by atoms with van der Waals surface area (Å²) in [5, 5.41) is 3.86. The molecule has 0 spiro atoms. The zero-order chi connectivity index (χ0) is 14.9. The van der Waals surface area contributed by atoms with Crippen molar-refractivity contribution in [3.63, 3.8) is 0 Å². The van der Waals surface area contributed by atoms with E-state index in [2.05, 4.69) is 26.1 Å². The Bertz CT molecular complexity index is 630. The second kappa shape index (κ2) is 5.78. The molecule has 2 aliphatic rings. The second-order valence-corrected chi connectivity index (χ2v) is 6.18. The quantitative estimate of drug-likeness (QED) is 0.865. The van der Waals surface area contributed by atoms with Crippen LogP contribution >= 0.6 is 0 Å². The summed E-state index contributed by atoms with van der Waals surface area (Å²) in [7, 11) is 0. The molecule has 6 heteroatoms. The van der Waals surface area contributed by atoms with Gasteiger partial charge in [-0.15, -0.1) is 0 Å². The lowest BCUT2D eigenvalue weighted by atomic mass is 9.91. The smallest absolute Gasteiger partial charge is 0.255 e. The molecule has 0 unspecified atom stereocenters. The molecule has 2 aliphatic heterocycles.